The van der Waals surface area contributed by atoms with E-state index in [4.69, 9.17) is 0 Å². The van der Waals surface area contributed by atoms with E-state index in [1.807, 2.05) is 26.0 Å². The number of nitrogens with zero attached hydrogens (tertiary/aromatic N) is 1. The number of amides is 1. The maximum absolute atomic E-state index is 13.0. The zero-order valence-corrected chi connectivity index (χ0v) is 17.8. The predicted molar refractivity (Wildman–Crippen MR) is 116 cm³/mol. The summed E-state index contributed by atoms with van der Waals surface area (Å²) in [5, 5.41) is 2.81. The number of rotatable bonds is 6. The standard InChI is InChI=1S/C23H28N2O3S/c1-18-10-11-20(19(2)16-18)12-13-23(26)24-17-21-8-4-5-9-22(21)29(27,28)25-14-6-3-7-15-25/h4-5,8-13,16H,3,6-7,14-15,17H2,1-2H3,(H,24,26)/b13-12+. The van der Waals surface area contributed by atoms with Gasteiger partial charge in [-0.25, -0.2) is 8.42 Å². The fraction of sp³-hybridized carbons (Fsp3) is 0.348. The van der Waals surface area contributed by atoms with E-state index in [1.54, 1.807) is 34.6 Å². The molecule has 0 aliphatic carbocycles. The van der Waals surface area contributed by atoms with Gasteiger partial charge in [-0.3, -0.25) is 4.79 Å². The van der Waals surface area contributed by atoms with Gasteiger partial charge < -0.3 is 5.32 Å². The van der Waals surface area contributed by atoms with Crippen LogP contribution in [0.15, 0.2) is 53.4 Å². The van der Waals surface area contributed by atoms with Crippen LogP contribution in [0, 0.1) is 13.8 Å². The zero-order valence-electron chi connectivity index (χ0n) is 17.0. The van der Waals surface area contributed by atoms with E-state index in [2.05, 4.69) is 11.4 Å². The molecule has 5 nitrogen and oxygen atoms in total. The van der Waals surface area contributed by atoms with Crippen molar-refractivity contribution in [2.45, 2.75) is 44.6 Å². The Morgan fingerprint density at radius 2 is 1.79 bits per heavy atom. The summed E-state index contributed by atoms with van der Waals surface area (Å²) >= 11 is 0. The van der Waals surface area contributed by atoms with Crippen molar-refractivity contribution >= 4 is 22.0 Å². The normalized spacial score (nSPS) is 15.5. The van der Waals surface area contributed by atoms with Gasteiger partial charge in [-0.15, -0.1) is 0 Å². The van der Waals surface area contributed by atoms with Crippen LogP contribution in [0.25, 0.3) is 6.08 Å². The minimum atomic E-state index is -3.54. The van der Waals surface area contributed by atoms with Gasteiger partial charge in [0, 0.05) is 25.7 Å². The Labute approximate surface area is 173 Å². The molecule has 6 heteroatoms. The van der Waals surface area contributed by atoms with Crippen molar-refractivity contribution in [3.63, 3.8) is 0 Å². The van der Waals surface area contributed by atoms with Crippen molar-refractivity contribution in [3.05, 3.63) is 70.8 Å². The number of benzene rings is 2. The third-order valence-corrected chi connectivity index (χ3v) is 7.20. The summed E-state index contributed by atoms with van der Waals surface area (Å²) < 4.78 is 27.6. The van der Waals surface area contributed by atoms with E-state index in [1.165, 1.54) is 11.6 Å². The lowest BCUT2D eigenvalue weighted by Crippen LogP contribution is -2.36. The van der Waals surface area contributed by atoms with Crippen LogP contribution >= 0.6 is 0 Å². The highest BCUT2D eigenvalue weighted by Crippen LogP contribution is 2.23. The molecule has 2 aromatic rings. The maximum Gasteiger partial charge on any atom is 0.244 e. The summed E-state index contributed by atoms with van der Waals surface area (Å²) in [6.45, 7) is 5.32. The van der Waals surface area contributed by atoms with Gasteiger partial charge >= 0.3 is 0 Å². The van der Waals surface area contributed by atoms with Gasteiger partial charge in [-0.2, -0.15) is 4.31 Å². The Kier molecular flexibility index (Phi) is 6.87. The molecule has 3 rings (SSSR count). The fourth-order valence-electron chi connectivity index (χ4n) is 3.57. The average molecular weight is 413 g/mol. The predicted octanol–water partition coefficient (Wildman–Crippen LogP) is 3.81. The SMILES string of the molecule is Cc1ccc(/C=C/C(=O)NCc2ccccc2S(=O)(=O)N2CCCCC2)c(C)c1. The first-order chi connectivity index (χ1) is 13.9. The number of piperidine rings is 1. The molecule has 0 unspecified atom stereocenters. The third-order valence-electron chi connectivity index (χ3n) is 5.20. The topological polar surface area (TPSA) is 66.5 Å². The summed E-state index contributed by atoms with van der Waals surface area (Å²) in [7, 11) is -3.54. The van der Waals surface area contributed by atoms with Gasteiger partial charge in [0.05, 0.1) is 4.90 Å². The van der Waals surface area contributed by atoms with Gasteiger partial charge in [-0.1, -0.05) is 48.4 Å². The van der Waals surface area contributed by atoms with Crippen LogP contribution in [0.3, 0.4) is 0 Å². The summed E-state index contributed by atoms with van der Waals surface area (Å²) in [4.78, 5) is 12.6. The van der Waals surface area contributed by atoms with Crippen molar-refractivity contribution in [3.8, 4) is 0 Å². The molecule has 1 amide bonds. The van der Waals surface area contributed by atoms with Gasteiger partial charge in [0.25, 0.3) is 0 Å². The Bertz CT molecular complexity index is 1010. The molecule has 0 saturated carbocycles. The van der Waals surface area contributed by atoms with Crippen LogP contribution in [-0.2, 0) is 21.4 Å². The summed E-state index contributed by atoms with van der Waals surface area (Å²) in [6.07, 6.45) is 6.11. The number of carbonyl (C=O) groups excluding carboxylic acids is 1. The van der Waals surface area contributed by atoms with Crippen molar-refractivity contribution < 1.29 is 13.2 Å². The van der Waals surface area contributed by atoms with E-state index in [9.17, 15) is 13.2 Å². The number of hydrogen-bond donors (Lipinski definition) is 1. The molecule has 154 valence electrons. The van der Waals surface area contributed by atoms with Crippen LogP contribution < -0.4 is 5.32 Å². The van der Waals surface area contributed by atoms with E-state index >= 15 is 0 Å². The zero-order chi connectivity index (χ0) is 20.9. The molecule has 0 atom stereocenters. The minimum Gasteiger partial charge on any atom is -0.348 e. The highest BCUT2D eigenvalue weighted by atomic mass is 32.2. The average Bonchev–Trinajstić information content (AvgIpc) is 2.72. The molecule has 1 heterocycles. The number of sulfonamides is 1. The summed E-state index contributed by atoms with van der Waals surface area (Å²) in [5.74, 6) is -0.254. The third kappa shape index (κ3) is 5.34. The van der Waals surface area contributed by atoms with Crippen molar-refractivity contribution in [1.29, 1.82) is 0 Å². The Hall–Kier alpha value is -2.44. The molecule has 0 aromatic heterocycles. The molecule has 2 aromatic carbocycles. The van der Waals surface area contributed by atoms with Crippen LogP contribution in [0.2, 0.25) is 0 Å². The molecular weight excluding hydrogens is 384 g/mol. The lowest BCUT2D eigenvalue weighted by atomic mass is 10.1. The molecular formula is C23H28N2O3S. The first kappa shape index (κ1) is 21.3. The van der Waals surface area contributed by atoms with Crippen molar-refractivity contribution in [2.75, 3.05) is 13.1 Å². The molecule has 0 bridgehead atoms. The second kappa shape index (κ2) is 9.37. The molecule has 29 heavy (non-hydrogen) atoms. The quantitative estimate of drug-likeness (QED) is 0.734. The number of aryl methyl sites for hydroxylation is 2. The highest BCUT2D eigenvalue weighted by Gasteiger charge is 2.27. The lowest BCUT2D eigenvalue weighted by Gasteiger charge is -2.26. The monoisotopic (exact) mass is 412 g/mol. The Balaban J connectivity index is 1.69. The largest absolute Gasteiger partial charge is 0.348 e. The van der Waals surface area contributed by atoms with Gasteiger partial charge in [0.15, 0.2) is 0 Å². The molecule has 1 N–H and O–H groups in total. The lowest BCUT2D eigenvalue weighted by molar-refractivity contribution is -0.116. The molecule has 1 aliphatic rings. The Morgan fingerprint density at radius 1 is 1.07 bits per heavy atom. The fourth-order valence-corrected chi connectivity index (χ4v) is 5.30. The molecule has 1 aliphatic heterocycles. The minimum absolute atomic E-state index is 0.166. The van der Waals surface area contributed by atoms with Crippen LogP contribution in [-0.4, -0.2) is 31.7 Å². The van der Waals surface area contributed by atoms with Gasteiger partial charge in [-0.05, 0) is 55.5 Å². The first-order valence-corrected chi connectivity index (χ1v) is 11.4. The van der Waals surface area contributed by atoms with E-state index < -0.39 is 10.0 Å². The van der Waals surface area contributed by atoms with E-state index in [0.717, 1.165) is 30.4 Å². The maximum atomic E-state index is 13.0. The second-order valence-electron chi connectivity index (χ2n) is 7.48. The van der Waals surface area contributed by atoms with Crippen LogP contribution in [0.1, 0.15) is 41.5 Å². The number of hydrogen-bond acceptors (Lipinski definition) is 3. The molecule has 0 radical (unpaired) electrons. The second-order valence-corrected chi connectivity index (χ2v) is 9.39. The van der Waals surface area contributed by atoms with Crippen molar-refractivity contribution in [1.82, 2.24) is 9.62 Å². The summed E-state index contributed by atoms with van der Waals surface area (Å²) in [5.41, 5.74) is 3.87. The molecule has 1 saturated heterocycles. The van der Waals surface area contributed by atoms with E-state index in [-0.39, 0.29) is 17.3 Å². The molecule has 1 fully saturated rings. The van der Waals surface area contributed by atoms with Gasteiger partial charge in [0.2, 0.25) is 15.9 Å². The first-order valence-electron chi connectivity index (χ1n) is 9.99. The smallest absolute Gasteiger partial charge is 0.244 e. The molecule has 0 spiro atoms. The number of nitrogens with one attached hydrogen (secondary N) is 1. The van der Waals surface area contributed by atoms with Crippen LogP contribution in [0.4, 0.5) is 0 Å². The Morgan fingerprint density at radius 3 is 2.52 bits per heavy atom. The highest BCUT2D eigenvalue weighted by molar-refractivity contribution is 7.89. The summed E-state index contributed by atoms with van der Waals surface area (Å²) in [6, 6.07) is 13.0. The van der Waals surface area contributed by atoms with Crippen molar-refractivity contribution in [2.24, 2.45) is 0 Å². The van der Waals surface area contributed by atoms with Gasteiger partial charge in [0.1, 0.15) is 0 Å². The van der Waals surface area contributed by atoms with Crippen LogP contribution in [0.5, 0.6) is 0 Å². The number of carbonyl (C=O) groups is 1. The van der Waals surface area contributed by atoms with E-state index in [0.29, 0.717) is 18.7 Å².